The van der Waals surface area contributed by atoms with Gasteiger partial charge in [-0.3, -0.25) is 4.79 Å². The molecule has 0 saturated heterocycles. The molecule has 2 N–H and O–H groups in total. The van der Waals surface area contributed by atoms with Crippen LogP contribution in [0.2, 0.25) is 0 Å². The lowest BCUT2D eigenvalue weighted by atomic mass is 10.8. The number of carbonyl (C=O) groups excluding carboxylic acids is 1. The summed E-state index contributed by atoms with van der Waals surface area (Å²) < 4.78 is 42.8. The van der Waals surface area contributed by atoms with E-state index >= 15 is 0 Å². The topological polar surface area (TPSA) is 60.2 Å². The van der Waals surface area contributed by atoms with Crippen molar-refractivity contribution in [3.8, 4) is 0 Å². The van der Waals surface area contributed by atoms with Crippen molar-refractivity contribution >= 4 is 16.1 Å². The van der Waals surface area contributed by atoms with Gasteiger partial charge in [0.2, 0.25) is 0 Å². The van der Waals surface area contributed by atoms with Crippen LogP contribution in [-0.4, -0.2) is 15.5 Å². The van der Waals surface area contributed by atoms with Crippen LogP contribution in [0.3, 0.4) is 0 Å². The van der Waals surface area contributed by atoms with Crippen LogP contribution < -0.4 is 5.14 Å². The van der Waals surface area contributed by atoms with Gasteiger partial charge in [0.15, 0.2) is 11.0 Å². The molecule has 0 spiro atoms. The van der Waals surface area contributed by atoms with E-state index in [9.17, 15) is 22.2 Å². The Bertz CT molecular complexity index is 152. The highest BCUT2D eigenvalue weighted by molar-refractivity contribution is 7.98. The molecule has 3 nitrogen and oxygen atoms in total. The van der Waals surface area contributed by atoms with Gasteiger partial charge in [0.25, 0.3) is 0 Å². The zero-order valence-electron chi connectivity index (χ0n) is 3.94. The molecular weight excluding hydrogens is 159 g/mol. The Labute approximate surface area is 50.6 Å². The molecule has 9 heavy (non-hydrogen) atoms. The summed E-state index contributed by atoms with van der Waals surface area (Å²) in [5, 5.41) is 1.71. The second kappa shape index (κ2) is 2.44. The first kappa shape index (κ1) is 8.57. The van der Waals surface area contributed by atoms with Gasteiger partial charge < -0.3 is 0 Å². The predicted molar refractivity (Wildman–Crippen MR) is 23.4 cm³/mol. The molecule has 1 atom stereocenters. The molecule has 0 aliphatic heterocycles. The fraction of sp³-hybridized carbons (Fsp3) is 0.500. The molecule has 0 fully saturated rings. The van der Waals surface area contributed by atoms with Crippen LogP contribution in [0.4, 0.5) is 13.2 Å². The zero-order valence-corrected chi connectivity index (χ0v) is 4.75. The lowest BCUT2D eigenvalue weighted by Gasteiger charge is -1.98. The third kappa shape index (κ3) is 2.56. The highest BCUT2D eigenvalue weighted by atomic mass is 32.2. The van der Waals surface area contributed by atoms with E-state index in [-0.39, 0.29) is 0 Å². The van der Waals surface area contributed by atoms with Crippen molar-refractivity contribution in [1.29, 1.82) is 0 Å². The Morgan fingerprint density at radius 3 is 1.78 bits per heavy atom. The summed E-state index contributed by atoms with van der Waals surface area (Å²) in [6, 6.07) is 0. The van der Waals surface area contributed by atoms with E-state index in [1.807, 2.05) is 0 Å². The zero-order chi connectivity index (χ0) is 7.65. The molecule has 0 rings (SSSR count). The van der Waals surface area contributed by atoms with Gasteiger partial charge in [-0.05, 0) is 0 Å². The van der Waals surface area contributed by atoms with Gasteiger partial charge >= 0.3 is 11.3 Å². The fourth-order valence-electron chi connectivity index (χ4n) is 0.114. The molecule has 0 saturated carbocycles. The summed E-state index contributed by atoms with van der Waals surface area (Å²) in [5.41, 5.74) is 0. The largest absolute Gasteiger partial charge is 0.464 e. The van der Waals surface area contributed by atoms with Crippen LogP contribution in [0, 0.1) is 0 Å². The number of nitrogens with two attached hydrogens (primary N) is 1. The van der Waals surface area contributed by atoms with E-state index in [0.717, 1.165) is 0 Å². The summed E-state index contributed by atoms with van der Waals surface area (Å²) >= 11 is 0. The summed E-state index contributed by atoms with van der Waals surface area (Å²) in [7, 11) is -2.94. The molecule has 0 aromatic carbocycles. The summed E-state index contributed by atoms with van der Waals surface area (Å²) in [4.78, 5) is 9.61. The molecule has 0 aliphatic carbocycles. The summed E-state index contributed by atoms with van der Waals surface area (Å²) in [5.74, 6) is 0. The third-order valence-corrected chi connectivity index (χ3v) is 1.01. The molecule has 0 bridgehead atoms. The minimum absolute atomic E-state index is 2.41. The van der Waals surface area contributed by atoms with Crippen LogP contribution in [0.5, 0.6) is 0 Å². The van der Waals surface area contributed by atoms with Gasteiger partial charge in [0.1, 0.15) is 0 Å². The van der Waals surface area contributed by atoms with Crippen molar-refractivity contribution in [2.24, 2.45) is 5.14 Å². The van der Waals surface area contributed by atoms with Crippen LogP contribution >= 0.6 is 0 Å². The van der Waals surface area contributed by atoms with E-state index < -0.39 is 22.3 Å². The second-order valence-electron chi connectivity index (χ2n) is 1.08. The smallest absolute Gasteiger partial charge is 0.273 e. The highest BCUT2D eigenvalue weighted by Crippen LogP contribution is 2.16. The van der Waals surface area contributed by atoms with Gasteiger partial charge in [-0.15, -0.1) is 0 Å². The maximum absolute atomic E-state index is 11.1. The van der Waals surface area contributed by atoms with Crippen LogP contribution in [0.15, 0.2) is 0 Å². The number of alkyl halides is 3. The Kier molecular flexibility index (Phi) is 2.32. The maximum Gasteiger partial charge on any atom is 0.464 e. The standard InChI is InChI=1S/C2H2F3NO2S/c3-2(4,5)1(7)9(6)8/h6H2. The monoisotopic (exact) mass is 161 g/mol. The van der Waals surface area contributed by atoms with E-state index in [2.05, 4.69) is 5.14 Å². The minimum Gasteiger partial charge on any atom is -0.273 e. The SMILES string of the molecule is NS(=O)C(=O)C(F)(F)F. The first-order valence-corrected chi connectivity index (χ1v) is 2.84. The molecule has 0 aromatic heterocycles. The molecule has 1 unspecified atom stereocenters. The van der Waals surface area contributed by atoms with E-state index in [1.165, 1.54) is 0 Å². The average Bonchev–Trinajstić information content (AvgIpc) is 1.62. The van der Waals surface area contributed by atoms with E-state index in [4.69, 9.17) is 0 Å². The number of hydrogen-bond donors (Lipinski definition) is 1. The van der Waals surface area contributed by atoms with Crippen molar-refractivity contribution in [3.63, 3.8) is 0 Å². The van der Waals surface area contributed by atoms with Crippen LogP contribution in [-0.2, 0) is 15.8 Å². The molecule has 0 heterocycles. The van der Waals surface area contributed by atoms with E-state index in [0.29, 0.717) is 0 Å². The lowest BCUT2D eigenvalue weighted by Crippen LogP contribution is -2.30. The third-order valence-electron chi connectivity index (χ3n) is 0.414. The molecule has 7 heteroatoms. The first-order valence-electron chi connectivity index (χ1n) is 1.63. The Morgan fingerprint density at radius 1 is 1.44 bits per heavy atom. The predicted octanol–water partition coefficient (Wildman–Crippen LogP) is -0.302. The molecular formula is C2H2F3NO2S. The van der Waals surface area contributed by atoms with Gasteiger partial charge in [-0.25, -0.2) is 9.35 Å². The van der Waals surface area contributed by atoms with E-state index in [1.54, 1.807) is 0 Å². The molecule has 0 radical (unpaired) electrons. The number of carbonyl (C=O) groups is 1. The van der Waals surface area contributed by atoms with Crippen LogP contribution in [0.25, 0.3) is 0 Å². The second-order valence-corrected chi connectivity index (χ2v) is 2.05. The Hall–Kier alpha value is -0.430. The minimum atomic E-state index is -5.08. The van der Waals surface area contributed by atoms with Gasteiger partial charge in [-0.2, -0.15) is 13.2 Å². The number of hydrogen-bond acceptors (Lipinski definition) is 2. The normalized spacial score (nSPS) is 15.1. The maximum atomic E-state index is 11.1. The Morgan fingerprint density at radius 2 is 1.78 bits per heavy atom. The van der Waals surface area contributed by atoms with Crippen molar-refractivity contribution < 1.29 is 22.2 Å². The lowest BCUT2D eigenvalue weighted by molar-refractivity contribution is -0.160. The van der Waals surface area contributed by atoms with Gasteiger partial charge in [0, 0.05) is 0 Å². The Balaban J connectivity index is 4.23. The fourth-order valence-corrected chi connectivity index (χ4v) is 0.342. The summed E-state index contributed by atoms with van der Waals surface area (Å²) in [6.07, 6.45) is -5.08. The number of rotatable bonds is 0. The quantitative estimate of drug-likeness (QED) is 0.530. The molecule has 0 amide bonds. The van der Waals surface area contributed by atoms with Crippen molar-refractivity contribution in [2.45, 2.75) is 6.18 Å². The van der Waals surface area contributed by atoms with Crippen molar-refractivity contribution in [1.82, 2.24) is 0 Å². The number of halogens is 3. The average molecular weight is 161 g/mol. The molecule has 54 valence electrons. The molecule has 0 aromatic rings. The first-order chi connectivity index (χ1) is 3.85. The molecule has 0 aliphatic rings. The summed E-state index contributed by atoms with van der Waals surface area (Å²) in [6.45, 7) is 0. The van der Waals surface area contributed by atoms with Crippen molar-refractivity contribution in [3.05, 3.63) is 0 Å². The van der Waals surface area contributed by atoms with Crippen molar-refractivity contribution in [2.75, 3.05) is 0 Å². The van der Waals surface area contributed by atoms with Crippen LogP contribution in [0.1, 0.15) is 0 Å². The van der Waals surface area contributed by atoms with Gasteiger partial charge in [-0.1, -0.05) is 0 Å². The highest BCUT2D eigenvalue weighted by Gasteiger charge is 2.41. The van der Waals surface area contributed by atoms with Gasteiger partial charge in [0.05, 0.1) is 0 Å².